The molecule has 0 bridgehead atoms. The van der Waals surface area contributed by atoms with E-state index in [2.05, 4.69) is 15.3 Å². The van der Waals surface area contributed by atoms with Crippen LogP contribution in [0.2, 0.25) is 5.02 Å². The lowest BCUT2D eigenvalue weighted by Crippen LogP contribution is -1.98. The Kier molecular flexibility index (Phi) is 5.78. The molecule has 0 saturated carbocycles. The number of aromatic amines is 1. The van der Waals surface area contributed by atoms with Gasteiger partial charge in [0.1, 0.15) is 0 Å². The summed E-state index contributed by atoms with van der Waals surface area (Å²) < 4.78 is 17.9. The Labute approximate surface area is 166 Å². The van der Waals surface area contributed by atoms with Crippen molar-refractivity contribution in [3.05, 3.63) is 51.8 Å². The molecule has 1 N–H and O–H groups in total. The predicted octanol–water partition coefficient (Wildman–Crippen LogP) is 4.17. The summed E-state index contributed by atoms with van der Waals surface area (Å²) in [5.74, 6) is 2.15. The number of ether oxygens (including phenoxy) is 3. The first-order valence-corrected chi connectivity index (χ1v) is 8.63. The Hall–Kier alpha value is -2.84. The van der Waals surface area contributed by atoms with Gasteiger partial charge in [-0.3, -0.25) is 0 Å². The minimum absolute atomic E-state index is 0.364. The van der Waals surface area contributed by atoms with Crippen molar-refractivity contribution in [2.45, 2.75) is 0 Å². The van der Waals surface area contributed by atoms with E-state index in [-0.39, 0.29) is 0 Å². The van der Waals surface area contributed by atoms with Crippen molar-refractivity contribution >= 4 is 30.0 Å². The van der Waals surface area contributed by atoms with Crippen molar-refractivity contribution in [1.29, 1.82) is 0 Å². The number of halogens is 1. The van der Waals surface area contributed by atoms with E-state index in [1.807, 2.05) is 12.1 Å². The van der Waals surface area contributed by atoms with E-state index in [0.29, 0.717) is 32.9 Å². The molecule has 0 aliphatic rings. The number of benzene rings is 2. The molecule has 1 aromatic heterocycles. The normalized spacial score (nSPS) is 11.0. The molecule has 0 radical (unpaired) electrons. The topological polar surface area (TPSA) is 73.7 Å². The Balaban J connectivity index is 2.01. The maximum Gasteiger partial charge on any atom is 0.216 e. The molecule has 140 valence electrons. The molecule has 0 spiro atoms. The molecular formula is C18H17ClN4O3S. The lowest BCUT2D eigenvalue weighted by Gasteiger charge is -2.12. The molecular weight excluding hydrogens is 388 g/mol. The average molecular weight is 405 g/mol. The molecule has 0 fully saturated rings. The number of hydrogen-bond donors (Lipinski definition) is 1. The zero-order chi connectivity index (χ0) is 19.4. The maximum atomic E-state index is 5.95. The third-order valence-corrected chi connectivity index (χ3v) is 4.28. The first-order chi connectivity index (χ1) is 13.1. The summed E-state index contributed by atoms with van der Waals surface area (Å²) >= 11 is 11.2. The molecule has 2 aromatic carbocycles. The van der Waals surface area contributed by atoms with Crippen LogP contribution in [0.25, 0.3) is 11.4 Å². The quantitative estimate of drug-likeness (QED) is 0.493. The van der Waals surface area contributed by atoms with Crippen LogP contribution in [0.5, 0.6) is 17.2 Å². The van der Waals surface area contributed by atoms with Crippen molar-refractivity contribution < 1.29 is 14.2 Å². The van der Waals surface area contributed by atoms with Gasteiger partial charge in [0.05, 0.1) is 27.5 Å². The van der Waals surface area contributed by atoms with Crippen molar-refractivity contribution in [2.75, 3.05) is 21.3 Å². The first kappa shape index (κ1) is 18.9. The van der Waals surface area contributed by atoms with Gasteiger partial charge in [0, 0.05) is 16.1 Å². The molecule has 7 nitrogen and oxygen atoms in total. The van der Waals surface area contributed by atoms with Crippen molar-refractivity contribution in [3.63, 3.8) is 0 Å². The van der Waals surface area contributed by atoms with Crippen LogP contribution in [0.1, 0.15) is 5.56 Å². The number of nitrogens with zero attached hydrogens (tertiary/aromatic N) is 3. The molecule has 0 saturated heterocycles. The van der Waals surface area contributed by atoms with Gasteiger partial charge >= 0.3 is 0 Å². The second-order valence-electron chi connectivity index (χ2n) is 5.37. The van der Waals surface area contributed by atoms with Crippen LogP contribution in [-0.2, 0) is 0 Å². The van der Waals surface area contributed by atoms with Crippen LogP contribution in [0.4, 0.5) is 0 Å². The van der Waals surface area contributed by atoms with Crippen LogP contribution >= 0.6 is 23.8 Å². The highest BCUT2D eigenvalue weighted by Crippen LogP contribution is 2.37. The molecule has 0 unspecified atom stereocenters. The zero-order valence-corrected chi connectivity index (χ0v) is 16.5. The highest BCUT2D eigenvalue weighted by atomic mass is 35.5. The Morgan fingerprint density at radius 1 is 1.07 bits per heavy atom. The standard InChI is InChI=1S/C18H17ClN4O3S/c1-24-14-8-11(9-15(25-2)16(14)26-3)10-20-23-17(21-22-18(23)27)12-4-6-13(19)7-5-12/h4-10H,1-3H3,(H,22,27)/b20-10-. The smallest absolute Gasteiger partial charge is 0.216 e. The van der Waals surface area contributed by atoms with E-state index in [4.69, 9.17) is 38.0 Å². The predicted molar refractivity (Wildman–Crippen MR) is 107 cm³/mol. The molecule has 3 rings (SSSR count). The average Bonchev–Trinajstić information content (AvgIpc) is 3.06. The van der Waals surface area contributed by atoms with E-state index in [9.17, 15) is 0 Å². The highest BCUT2D eigenvalue weighted by Gasteiger charge is 2.13. The van der Waals surface area contributed by atoms with E-state index >= 15 is 0 Å². The van der Waals surface area contributed by atoms with Crippen LogP contribution in [0.3, 0.4) is 0 Å². The molecule has 9 heteroatoms. The molecule has 0 amide bonds. The largest absolute Gasteiger partial charge is 0.493 e. The number of hydrogen-bond acceptors (Lipinski definition) is 6. The maximum absolute atomic E-state index is 5.95. The van der Waals surface area contributed by atoms with Crippen molar-refractivity contribution in [3.8, 4) is 28.6 Å². The number of H-pyrrole nitrogens is 1. The number of methoxy groups -OCH3 is 3. The van der Waals surface area contributed by atoms with Gasteiger partial charge in [-0.2, -0.15) is 14.9 Å². The van der Waals surface area contributed by atoms with E-state index in [1.54, 1.807) is 51.8 Å². The fourth-order valence-electron chi connectivity index (χ4n) is 2.48. The third kappa shape index (κ3) is 3.96. The number of rotatable bonds is 6. The van der Waals surface area contributed by atoms with Gasteiger partial charge in [0.15, 0.2) is 17.3 Å². The van der Waals surface area contributed by atoms with Gasteiger partial charge < -0.3 is 14.2 Å². The van der Waals surface area contributed by atoms with E-state index < -0.39 is 0 Å². The van der Waals surface area contributed by atoms with Crippen LogP contribution in [-0.4, -0.2) is 42.4 Å². The second-order valence-corrected chi connectivity index (χ2v) is 6.20. The minimum Gasteiger partial charge on any atom is -0.493 e. The lowest BCUT2D eigenvalue weighted by molar-refractivity contribution is 0.324. The molecule has 0 atom stereocenters. The van der Waals surface area contributed by atoms with Crippen LogP contribution in [0.15, 0.2) is 41.5 Å². The summed E-state index contributed by atoms with van der Waals surface area (Å²) in [6.07, 6.45) is 1.63. The molecule has 27 heavy (non-hydrogen) atoms. The third-order valence-electron chi connectivity index (χ3n) is 3.76. The van der Waals surface area contributed by atoms with Gasteiger partial charge in [-0.1, -0.05) is 11.6 Å². The molecule has 0 aliphatic carbocycles. The lowest BCUT2D eigenvalue weighted by atomic mass is 10.2. The second kappa shape index (κ2) is 8.24. The fourth-order valence-corrected chi connectivity index (χ4v) is 2.79. The summed E-state index contributed by atoms with van der Waals surface area (Å²) in [6, 6.07) is 10.8. The van der Waals surface area contributed by atoms with Gasteiger partial charge in [0.2, 0.25) is 10.5 Å². The summed E-state index contributed by atoms with van der Waals surface area (Å²) in [5.41, 5.74) is 1.57. The molecule has 1 heterocycles. The monoisotopic (exact) mass is 404 g/mol. The van der Waals surface area contributed by atoms with Crippen molar-refractivity contribution in [1.82, 2.24) is 14.9 Å². The van der Waals surface area contributed by atoms with Crippen LogP contribution in [0, 0.1) is 4.77 Å². The van der Waals surface area contributed by atoms with Gasteiger partial charge in [-0.15, -0.1) is 0 Å². The van der Waals surface area contributed by atoms with Gasteiger partial charge in [-0.05, 0) is 48.6 Å². The minimum atomic E-state index is 0.364. The fraction of sp³-hybridized carbons (Fsp3) is 0.167. The molecule has 0 aliphatic heterocycles. The Bertz CT molecular complexity index is 1000. The summed E-state index contributed by atoms with van der Waals surface area (Å²) in [5, 5.41) is 12.1. The van der Waals surface area contributed by atoms with Gasteiger partial charge in [0.25, 0.3) is 0 Å². The molecule has 3 aromatic rings. The van der Waals surface area contributed by atoms with E-state index in [0.717, 1.165) is 11.1 Å². The van der Waals surface area contributed by atoms with Crippen LogP contribution < -0.4 is 14.2 Å². The SMILES string of the molecule is COc1cc(/C=N\n2c(-c3ccc(Cl)cc3)n[nH]c2=S)cc(OC)c1OC. The van der Waals surface area contributed by atoms with E-state index in [1.165, 1.54) is 4.68 Å². The summed E-state index contributed by atoms with van der Waals surface area (Å²) in [4.78, 5) is 0. The zero-order valence-electron chi connectivity index (χ0n) is 14.9. The Morgan fingerprint density at radius 3 is 2.26 bits per heavy atom. The highest BCUT2D eigenvalue weighted by molar-refractivity contribution is 7.71. The first-order valence-electron chi connectivity index (χ1n) is 7.85. The summed E-state index contributed by atoms with van der Waals surface area (Å²) in [7, 11) is 4.67. The van der Waals surface area contributed by atoms with Crippen molar-refractivity contribution in [2.24, 2.45) is 5.10 Å². The van der Waals surface area contributed by atoms with Gasteiger partial charge in [-0.25, -0.2) is 5.10 Å². The number of aromatic nitrogens is 3. The Morgan fingerprint density at radius 2 is 1.70 bits per heavy atom. The summed E-state index contributed by atoms with van der Waals surface area (Å²) in [6.45, 7) is 0. The number of nitrogens with one attached hydrogen (secondary N) is 1.